The van der Waals surface area contributed by atoms with Gasteiger partial charge in [0.1, 0.15) is 18.8 Å². The van der Waals surface area contributed by atoms with Gasteiger partial charge in [0.15, 0.2) is 0 Å². The zero-order chi connectivity index (χ0) is 22.4. The fraction of sp³-hybridized carbons (Fsp3) is 0.667. The molecule has 1 aromatic rings. The van der Waals surface area contributed by atoms with Gasteiger partial charge < -0.3 is 26.7 Å². The Labute approximate surface area is 194 Å². The number of methoxy groups -OCH3 is 1. The molecule has 0 saturated carbocycles. The lowest BCUT2D eigenvalue weighted by molar-refractivity contribution is -0.923. The summed E-state index contributed by atoms with van der Waals surface area (Å²) >= 11 is 0. The number of likely N-dealkylation sites (N-methyl/N-ethyl adjacent to an activating group) is 1. The normalized spacial score (nSPS) is 13.4. The second-order valence-corrected chi connectivity index (χ2v) is 8.54. The highest BCUT2D eigenvalue weighted by atomic mass is 35.5. The first-order valence-corrected chi connectivity index (χ1v) is 11.3. The van der Waals surface area contributed by atoms with Crippen LogP contribution in [-0.4, -0.2) is 48.4 Å². The lowest BCUT2D eigenvalue weighted by Gasteiger charge is -2.34. The number of aliphatic hydroxyl groups is 1. The first kappa shape index (κ1) is 29.4. The van der Waals surface area contributed by atoms with E-state index in [0.29, 0.717) is 17.9 Å². The molecule has 0 fully saturated rings. The molecule has 0 bridgehead atoms. The Morgan fingerprint density at radius 3 is 2.29 bits per heavy atom. The van der Waals surface area contributed by atoms with Crippen LogP contribution in [-0.2, 0) is 6.54 Å². The third-order valence-corrected chi connectivity index (χ3v) is 5.70. The van der Waals surface area contributed by atoms with Gasteiger partial charge in [0.25, 0.3) is 0 Å². The number of nitro groups is 1. The van der Waals surface area contributed by atoms with Gasteiger partial charge in [-0.25, -0.2) is 0 Å². The number of rotatable bonds is 16. The van der Waals surface area contributed by atoms with Gasteiger partial charge in [-0.05, 0) is 31.0 Å². The monoisotopic (exact) mass is 456 g/mol. The Hall–Kier alpha value is -1.63. The number of aliphatic hydroxyl groups excluding tert-OH is 1. The molecule has 0 radical (unpaired) electrons. The topological polar surface area (TPSA) is 72.6 Å². The fourth-order valence-electron chi connectivity index (χ4n) is 3.85. The SMILES string of the molecule is CCCCCCCCCC[N+](C)(CCO)Cc1ccc(OC)c(/C=C(/C)[N+](=O)[O-])c1.[Cl-]. The molecular weight excluding hydrogens is 416 g/mol. The molecule has 1 unspecified atom stereocenters. The quantitative estimate of drug-likeness (QED) is 0.179. The van der Waals surface area contributed by atoms with Crippen molar-refractivity contribution in [2.75, 3.05) is 33.9 Å². The average molecular weight is 457 g/mol. The standard InChI is InChI=1S/C24H41N2O4.ClH/c1-5-6-7-8-9-10-11-12-15-26(3,16-17-27)20-22-13-14-24(30-4)23(19-22)18-21(2)25(28)29;/h13-14,18-19,27H,5-12,15-17,20H2,1-4H3;1H/q+1;/p-1/b21-18-;. The minimum Gasteiger partial charge on any atom is -1.00 e. The van der Waals surface area contributed by atoms with Crippen LogP contribution in [0.1, 0.15) is 76.3 Å². The third-order valence-electron chi connectivity index (χ3n) is 5.70. The van der Waals surface area contributed by atoms with Crippen molar-refractivity contribution >= 4 is 6.08 Å². The number of allylic oxidation sites excluding steroid dienone is 1. The number of hydrogen-bond acceptors (Lipinski definition) is 4. The lowest BCUT2D eigenvalue weighted by atomic mass is 10.1. The van der Waals surface area contributed by atoms with Crippen LogP contribution in [0.5, 0.6) is 5.75 Å². The molecule has 1 N–H and O–H groups in total. The molecule has 0 saturated heterocycles. The number of hydrogen-bond donors (Lipinski definition) is 1. The molecule has 0 aliphatic rings. The first-order chi connectivity index (χ1) is 14.3. The molecule has 0 aliphatic carbocycles. The fourth-order valence-corrected chi connectivity index (χ4v) is 3.85. The van der Waals surface area contributed by atoms with Gasteiger partial charge in [-0.15, -0.1) is 0 Å². The van der Waals surface area contributed by atoms with E-state index in [2.05, 4.69) is 14.0 Å². The summed E-state index contributed by atoms with van der Waals surface area (Å²) in [5.41, 5.74) is 1.89. The van der Waals surface area contributed by atoms with Crippen LogP contribution in [0.15, 0.2) is 23.9 Å². The second kappa shape index (κ2) is 16.1. The van der Waals surface area contributed by atoms with E-state index in [9.17, 15) is 15.2 Å². The molecule has 0 heterocycles. The summed E-state index contributed by atoms with van der Waals surface area (Å²) in [5.74, 6) is 0.624. The molecule has 6 nitrogen and oxygen atoms in total. The molecule has 0 amide bonds. The predicted octanol–water partition coefficient (Wildman–Crippen LogP) is 2.42. The van der Waals surface area contributed by atoms with Gasteiger partial charge >= 0.3 is 0 Å². The largest absolute Gasteiger partial charge is 1.00 e. The van der Waals surface area contributed by atoms with E-state index < -0.39 is 0 Å². The summed E-state index contributed by atoms with van der Waals surface area (Å²) in [6.45, 7) is 6.37. The first-order valence-electron chi connectivity index (χ1n) is 11.3. The van der Waals surface area contributed by atoms with Crippen molar-refractivity contribution in [3.63, 3.8) is 0 Å². The maximum Gasteiger partial charge on any atom is 0.243 e. The van der Waals surface area contributed by atoms with Gasteiger partial charge in [0.05, 0.1) is 32.2 Å². The van der Waals surface area contributed by atoms with Gasteiger partial charge in [0, 0.05) is 24.1 Å². The van der Waals surface area contributed by atoms with Crippen molar-refractivity contribution in [3.8, 4) is 5.75 Å². The van der Waals surface area contributed by atoms with Crippen LogP contribution in [0.2, 0.25) is 0 Å². The summed E-state index contributed by atoms with van der Waals surface area (Å²) < 4.78 is 6.13. The Kier molecular flexibility index (Phi) is 15.2. The summed E-state index contributed by atoms with van der Waals surface area (Å²) in [7, 11) is 3.75. The molecule has 1 rings (SSSR count). The molecule has 1 atom stereocenters. The highest BCUT2D eigenvalue weighted by molar-refractivity contribution is 5.59. The van der Waals surface area contributed by atoms with Crippen molar-refractivity contribution in [2.24, 2.45) is 0 Å². The van der Waals surface area contributed by atoms with E-state index >= 15 is 0 Å². The molecule has 0 aromatic heterocycles. The van der Waals surface area contributed by atoms with Gasteiger partial charge in [-0.3, -0.25) is 10.1 Å². The molecule has 178 valence electrons. The van der Waals surface area contributed by atoms with Gasteiger partial charge in [0.2, 0.25) is 5.70 Å². The molecular formula is C24H41ClN2O4. The van der Waals surface area contributed by atoms with Crippen molar-refractivity contribution in [3.05, 3.63) is 45.1 Å². The summed E-state index contributed by atoms with van der Waals surface area (Å²) in [6.07, 6.45) is 11.8. The minimum absolute atomic E-state index is 0. The van der Waals surface area contributed by atoms with Gasteiger partial charge in [-0.1, -0.05) is 45.4 Å². The van der Waals surface area contributed by atoms with E-state index in [1.807, 2.05) is 18.2 Å². The van der Waals surface area contributed by atoms with E-state index in [4.69, 9.17) is 4.74 Å². The number of benzene rings is 1. The third kappa shape index (κ3) is 11.5. The summed E-state index contributed by atoms with van der Waals surface area (Å²) in [5, 5.41) is 20.6. The number of ether oxygens (including phenoxy) is 1. The van der Waals surface area contributed by atoms with E-state index in [1.165, 1.54) is 51.9 Å². The van der Waals surface area contributed by atoms with Crippen LogP contribution in [0.25, 0.3) is 6.08 Å². The van der Waals surface area contributed by atoms with Crippen molar-refractivity contribution < 1.29 is 31.7 Å². The van der Waals surface area contributed by atoms with E-state index in [-0.39, 0.29) is 29.6 Å². The minimum atomic E-state index is -0.389. The molecule has 7 heteroatoms. The van der Waals surface area contributed by atoms with E-state index in [0.717, 1.165) is 29.6 Å². The Balaban J connectivity index is 0.00000900. The zero-order valence-corrected chi connectivity index (χ0v) is 20.5. The zero-order valence-electron chi connectivity index (χ0n) is 19.7. The van der Waals surface area contributed by atoms with Gasteiger partial charge in [-0.2, -0.15) is 0 Å². The molecule has 1 aromatic carbocycles. The van der Waals surface area contributed by atoms with Crippen LogP contribution in [0, 0.1) is 10.1 Å². The Morgan fingerprint density at radius 1 is 1.13 bits per heavy atom. The van der Waals surface area contributed by atoms with E-state index in [1.54, 1.807) is 13.2 Å². The molecule has 0 spiro atoms. The highest BCUT2D eigenvalue weighted by Crippen LogP contribution is 2.25. The molecule has 31 heavy (non-hydrogen) atoms. The second-order valence-electron chi connectivity index (χ2n) is 8.54. The van der Waals surface area contributed by atoms with Crippen LogP contribution in [0.3, 0.4) is 0 Å². The predicted molar refractivity (Wildman–Crippen MR) is 123 cm³/mol. The van der Waals surface area contributed by atoms with Crippen molar-refractivity contribution in [1.82, 2.24) is 0 Å². The maximum atomic E-state index is 11.0. The number of halogens is 1. The van der Waals surface area contributed by atoms with Crippen LogP contribution < -0.4 is 17.1 Å². The van der Waals surface area contributed by atoms with Crippen molar-refractivity contribution in [2.45, 2.75) is 71.8 Å². The highest BCUT2D eigenvalue weighted by Gasteiger charge is 2.22. The van der Waals surface area contributed by atoms with Crippen LogP contribution in [0.4, 0.5) is 0 Å². The van der Waals surface area contributed by atoms with Crippen LogP contribution >= 0.6 is 0 Å². The van der Waals surface area contributed by atoms with Crippen molar-refractivity contribution in [1.29, 1.82) is 0 Å². The number of quaternary nitrogens is 1. The maximum absolute atomic E-state index is 11.0. The summed E-state index contributed by atoms with van der Waals surface area (Å²) in [6, 6.07) is 5.85. The Morgan fingerprint density at radius 2 is 1.74 bits per heavy atom. The lowest BCUT2D eigenvalue weighted by Crippen LogP contribution is -3.00. The number of unbranched alkanes of at least 4 members (excludes halogenated alkanes) is 7. The smallest absolute Gasteiger partial charge is 0.243 e. The Bertz CT molecular complexity index is 682. The average Bonchev–Trinajstić information content (AvgIpc) is 2.70. The number of nitrogens with zero attached hydrogens (tertiary/aromatic N) is 2. The molecule has 0 aliphatic heterocycles. The summed E-state index contributed by atoms with van der Waals surface area (Å²) in [4.78, 5) is 10.6.